The molecule has 1 N–H and O–H groups in total. The maximum Gasteiger partial charge on any atom is 0.325 e. The summed E-state index contributed by atoms with van der Waals surface area (Å²) in [6, 6.07) is 11.0. The summed E-state index contributed by atoms with van der Waals surface area (Å²) in [4.78, 5) is 32.1. The largest absolute Gasteiger partial charge is 0.456 e. The topological polar surface area (TPSA) is 85.7 Å². The maximum atomic E-state index is 13.0. The number of nitrogens with zero attached hydrogens (tertiary/aromatic N) is 3. The number of pyridine rings is 1. The highest BCUT2D eigenvalue weighted by Gasteiger charge is 2.28. The van der Waals surface area contributed by atoms with Gasteiger partial charge in [0.1, 0.15) is 11.5 Å². The molecule has 2 amide bonds. The lowest BCUT2D eigenvalue weighted by molar-refractivity contribution is 0.0728. The van der Waals surface area contributed by atoms with Crippen LogP contribution in [0.15, 0.2) is 42.6 Å². The molecule has 1 aliphatic rings. The molecule has 9 heteroatoms. The van der Waals surface area contributed by atoms with Crippen molar-refractivity contribution >= 4 is 44.4 Å². The molecular formula is C24H24N4O4S. The molecule has 1 aliphatic heterocycles. The lowest BCUT2D eigenvalue weighted by Crippen LogP contribution is -2.29. The predicted molar refractivity (Wildman–Crippen MR) is 128 cm³/mol. The van der Waals surface area contributed by atoms with Gasteiger partial charge in [0.15, 0.2) is 0 Å². The van der Waals surface area contributed by atoms with Crippen molar-refractivity contribution in [1.29, 1.82) is 0 Å². The molecule has 0 saturated carbocycles. The minimum atomic E-state index is -0.183. The van der Waals surface area contributed by atoms with Gasteiger partial charge in [0.05, 0.1) is 26.7 Å². The van der Waals surface area contributed by atoms with Gasteiger partial charge in [-0.05, 0) is 43.7 Å². The van der Waals surface area contributed by atoms with Crippen LogP contribution in [0.2, 0.25) is 0 Å². The Labute approximate surface area is 194 Å². The SMILES string of the molecule is CNC(=O)n1c(C)cc2cc(Oc3ccnc4cc(C(=O)N5CC[C@@H](OC)C5)sc34)ccc21. The fourth-order valence-corrected chi connectivity index (χ4v) is 5.30. The Bertz CT molecular complexity index is 1380. The van der Waals surface area contributed by atoms with Crippen LogP contribution < -0.4 is 10.1 Å². The third kappa shape index (κ3) is 3.83. The number of thiophene rings is 1. The molecule has 8 nitrogen and oxygen atoms in total. The van der Waals surface area contributed by atoms with Crippen molar-refractivity contribution in [3.63, 3.8) is 0 Å². The molecule has 0 bridgehead atoms. The Hall–Kier alpha value is -3.43. The van der Waals surface area contributed by atoms with E-state index in [0.717, 1.165) is 33.2 Å². The number of ether oxygens (including phenoxy) is 2. The minimum Gasteiger partial charge on any atom is -0.456 e. The van der Waals surface area contributed by atoms with Crippen LogP contribution in [-0.4, -0.2) is 59.7 Å². The summed E-state index contributed by atoms with van der Waals surface area (Å²) in [6.07, 6.45) is 2.63. The first-order chi connectivity index (χ1) is 16.0. The monoisotopic (exact) mass is 464 g/mol. The summed E-state index contributed by atoms with van der Waals surface area (Å²) in [5, 5.41) is 3.57. The van der Waals surface area contributed by atoms with Crippen molar-refractivity contribution in [3.8, 4) is 11.5 Å². The van der Waals surface area contributed by atoms with Gasteiger partial charge in [-0.25, -0.2) is 4.79 Å². The quantitative estimate of drug-likeness (QED) is 0.484. The Morgan fingerprint density at radius 3 is 2.82 bits per heavy atom. The summed E-state index contributed by atoms with van der Waals surface area (Å²) in [5.74, 6) is 1.28. The fourth-order valence-electron chi connectivity index (χ4n) is 4.26. The van der Waals surface area contributed by atoms with E-state index < -0.39 is 0 Å². The van der Waals surface area contributed by atoms with Crippen molar-refractivity contribution in [3.05, 3.63) is 53.2 Å². The van der Waals surface area contributed by atoms with Crippen LogP contribution in [0, 0.1) is 6.92 Å². The molecule has 0 spiro atoms. The van der Waals surface area contributed by atoms with Crippen LogP contribution in [0.4, 0.5) is 4.79 Å². The normalized spacial score (nSPS) is 16.0. The average molecular weight is 465 g/mol. The first kappa shape index (κ1) is 21.4. The van der Waals surface area contributed by atoms with Gasteiger partial charge in [0, 0.05) is 50.6 Å². The minimum absolute atomic E-state index is 0.00376. The van der Waals surface area contributed by atoms with Crippen LogP contribution in [0.1, 0.15) is 21.8 Å². The Balaban J connectivity index is 1.44. The first-order valence-electron chi connectivity index (χ1n) is 10.7. The standard InChI is InChI=1S/C24H24N4O4S/c1-14-10-15-11-16(4-5-19(15)28(14)24(30)25-2)32-20-6-8-26-18-12-21(33-22(18)20)23(29)27-9-7-17(13-27)31-3/h4-6,8,10-12,17H,7,9,13H2,1-3H3,(H,25,30)/t17-/m1/s1. The van der Waals surface area contributed by atoms with Crippen molar-refractivity contribution in [1.82, 2.24) is 19.8 Å². The summed E-state index contributed by atoms with van der Waals surface area (Å²) in [5.41, 5.74) is 2.38. The number of fused-ring (bicyclic) bond motifs is 2. The number of rotatable bonds is 4. The van der Waals surface area contributed by atoms with Crippen LogP contribution in [0.3, 0.4) is 0 Å². The Morgan fingerprint density at radius 2 is 2.06 bits per heavy atom. The van der Waals surface area contributed by atoms with E-state index in [-0.39, 0.29) is 18.0 Å². The lowest BCUT2D eigenvalue weighted by atomic mass is 10.2. The lowest BCUT2D eigenvalue weighted by Gasteiger charge is -2.14. The zero-order valence-electron chi connectivity index (χ0n) is 18.6. The van der Waals surface area contributed by atoms with Gasteiger partial charge in [-0.3, -0.25) is 14.3 Å². The van der Waals surface area contributed by atoms with Crippen LogP contribution >= 0.6 is 11.3 Å². The highest BCUT2D eigenvalue weighted by Crippen LogP contribution is 2.36. The van der Waals surface area contributed by atoms with Gasteiger partial charge in [-0.15, -0.1) is 11.3 Å². The van der Waals surface area contributed by atoms with Crippen molar-refractivity contribution in [2.24, 2.45) is 0 Å². The average Bonchev–Trinajstić information content (AvgIpc) is 3.54. The number of methoxy groups -OCH3 is 1. The molecule has 1 aromatic carbocycles. The summed E-state index contributed by atoms with van der Waals surface area (Å²) < 4.78 is 14.0. The Morgan fingerprint density at radius 1 is 1.21 bits per heavy atom. The molecule has 1 saturated heterocycles. The van der Waals surface area contributed by atoms with Crippen LogP contribution in [-0.2, 0) is 4.74 Å². The van der Waals surface area contributed by atoms with Gasteiger partial charge in [-0.1, -0.05) is 0 Å². The number of aromatic nitrogens is 2. The number of nitrogens with one attached hydrogen (secondary N) is 1. The number of benzene rings is 1. The molecule has 4 heterocycles. The molecule has 0 aliphatic carbocycles. The summed E-state index contributed by atoms with van der Waals surface area (Å²) in [6.45, 7) is 3.19. The molecule has 0 unspecified atom stereocenters. The molecule has 33 heavy (non-hydrogen) atoms. The second-order valence-corrected chi connectivity index (χ2v) is 9.08. The number of carbonyl (C=O) groups is 2. The number of aryl methyl sites for hydroxylation is 1. The molecule has 4 aromatic rings. The second-order valence-electron chi connectivity index (χ2n) is 8.03. The van der Waals surface area contributed by atoms with E-state index in [2.05, 4.69) is 10.3 Å². The molecule has 0 radical (unpaired) electrons. The van der Waals surface area contributed by atoms with Gasteiger partial charge >= 0.3 is 6.03 Å². The molecule has 1 atom stereocenters. The molecule has 3 aromatic heterocycles. The van der Waals surface area contributed by atoms with Gasteiger partial charge in [0.2, 0.25) is 0 Å². The maximum absolute atomic E-state index is 13.0. The zero-order valence-corrected chi connectivity index (χ0v) is 19.4. The third-order valence-corrected chi connectivity index (χ3v) is 7.08. The van der Waals surface area contributed by atoms with Crippen molar-refractivity contribution in [2.75, 3.05) is 27.2 Å². The number of hydrogen-bond acceptors (Lipinski definition) is 6. The first-order valence-corrected chi connectivity index (χ1v) is 11.5. The second kappa shape index (κ2) is 8.49. The van der Waals surface area contributed by atoms with Gasteiger partial charge in [-0.2, -0.15) is 0 Å². The number of likely N-dealkylation sites (tertiary alicyclic amines) is 1. The van der Waals surface area contributed by atoms with Crippen molar-refractivity contribution < 1.29 is 19.1 Å². The Kier molecular flexibility index (Phi) is 5.51. The molecular weight excluding hydrogens is 440 g/mol. The van der Waals surface area contributed by atoms with Gasteiger partial charge in [0.25, 0.3) is 5.91 Å². The van der Waals surface area contributed by atoms with E-state index in [0.29, 0.717) is 29.5 Å². The number of hydrogen-bond donors (Lipinski definition) is 1. The highest BCUT2D eigenvalue weighted by atomic mass is 32.1. The highest BCUT2D eigenvalue weighted by molar-refractivity contribution is 7.21. The molecule has 170 valence electrons. The van der Waals surface area contributed by atoms with E-state index in [9.17, 15) is 9.59 Å². The summed E-state index contributed by atoms with van der Waals surface area (Å²) >= 11 is 1.39. The van der Waals surface area contributed by atoms with E-state index in [4.69, 9.17) is 9.47 Å². The van der Waals surface area contributed by atoms with Gasteiger partial charge < -0.3 is 19.7 Å². The van der Waals surface area contributed by atoms with Crippen LogP contribution in [0.5, 0.6) is 11.5 Å². The van der Waals surface area contributed by atoms with E-state index >= 15 is 0 Å². The van der Waals surface area contributed by atoms with E-state index in [1.807, 2.05) is 42.2 Å². The smallest absolute Gasteiger partial charge is 0.325 e. The summed E-state index contributed by atoms with van der Waals surface area (Å²) in [7, 11) is 3.29. The fraction of sp³-hybridized carbons (Fsp3) is 0.292. The van der Waals surface area contributed by atoms with E-state index in [1.165, 1.54) is 11.3 Å². The zero-order chi connectivity index (χ0) is 23.1. The molecule has 1 fully saturated rings. The van der Waals surface area contributed by atoms with Crippen LogP contribution in [0.25, 0.3) is 21.1 Å². The number of amides is 2. The van der Waals surface area contributed by atoms with Crippen molar-refractivity contribution in [2.45, 2.75) is 19.4 Å². The predicted octanol–water partition coefficient (Wildman–Crippen LogP) is 4.40. The number of carbonyl (C=O) groups excluding carboxylic acids is 2. The third-order valence-electron chi connectivity index (χ3n) is 5.95. The van der Waals surface area contributed by atoms with E-state index in [1.54, 1.807) is 31.0 Å². The molecule has 5 rings (SSSR count).